The van der Waals surface area contributed by atoms with Crippen LogP contribution in [0.3, 0.4) is 0 Å². The largest absolute Gasteiger partial charge is 0.260 e. The van der Waals surface area contributed by atoms with Gasteiger partial charge >= 0.3 is 0 Å². The van der Waals surface area contributed by atoms with Gasteiger partial charge in [0.25, 0.3) is 0 Å². The average molecular weight is 282 g/mol. The van der Waals surface area contributed by atoms with Gasteiger partial charge in [0.1, 0.15) is 0 Å². The van der Waals surface area contributed by atoms with E-state index in [9.17, 15) is 4.39 Å². The summed E-state index contributed by atoms with van der Waals surface area (Å²) in [6.45, 7) is 7.75. The third kappa shape index (κ3) is 1.62. The Hall–Kier alpha value is -0.130. The highest BCUT2D eigenvalue weighted by Crippen LogP contribution is 2.20. The molecule has 2 nitrogen and oxygen atoms in total. The van der Waals surface area contributed by atoms with E-state index in [0.717, 1.165) is 0 Å². The first kappa shape index (κ1) is 9.95. The molecule has 0 saturated carbocycles. The molecule has 1 aromatic rings. The number of nitrogens with zero attached hydrogens (tertiary/aromatic N) is 2. The van der Waals surface area contributed by atoms with Crippen LogP contribution in [-0.2, 0) is 5.54 Å². The Bertz CT molecular complexity index is 299. The van der Waals surface area contributed by atoms with Crippen LogP contribution in [-0.4, -0.2) is 9.78 Å². The van der Waals surface area contributed by atoms with Crippen molar-refractivity contribution in [3.8, 4) is 0 Å². The molecule has 1 rings (SSSR count). The van der Waals surface area contributed by atoms with Gasteiger partial charge < -0.3 is 0 Å². The van der Waals surface area contributed by atoms with E-state index in [1.807, 2.05) is 43.4 Å². The quantitative estimate of drug-likeness (QED) is 0.669. The highest BCUT2D eigenvalue weighted by Gasteiger charge is 2.21. The normalized spacial score (nSPS) is 12.2. The molecule has 0 atom stereocenters. The highest BCUT2D eigenvalue weighted by atomic mass is 127. The molecule has 0 spiro atoms. The predicted molar refractivity (Wildman–Crippen MR) is 54.6 cm³/mol. The van der Waals surface area contributed by atoms with Gasteiger partial charge in [-0.3, -0.25) is 4.68 Å². The molecule has 0 bridgehead atoms. The SMILES string of the molecule is Cc1c(F)c(I)nn1C(C)(C)C. The zero-order chi connectivity index (χ0) is 9.52. The van der Waals surface area contributed by atoms with Crippen LogP contribution < -0.4 is 0 Å². The summed E-state index contributed by atoms with van der Waals surface area (Å²) in [4.78, 5) is 0. The third-order valence-corrected chi connectivity index (χ3v) is 2.33. The van der Waals surface area contributed by atoms with Crippen LogP contribution in [0.1, 0.15) is 26.5 Å². The van der Waals surface area contributed by atoms with Crippen molar-refractivity contribution in [2.75, 3.05) is 0 Å². The van der Waals surface area contributed by atoms with Crippen LogP contribution in [0.25, 0.3) is 0 Å². The highest BCUT2D eigenvalue weighted by molar-refractivity contribution is 14.1. The van der Waals surface area contributed by atoms with E-state index in [0.29, 0.717) is 9.39 Å². The van der Waals surface area contributed by atoms with E-state index in [1.165, 1.54) is 0 Å². The first-order chi connectivity index (χ1) is 5.34. The first-order valence-corrected chi connectivity index (χ1v) is 4.83. The van der Waals surface area contributed by atoms with Crippen LogP contribution in [0.15, 0.2) is 0 Å². The zero-order valence-electron chi connectivity index (χ0n) is 7.65. The van der Waals surface area contributed by atoms with Crippen molar-refractivity contribution in [2.24, 2.45) is 0 Å². The van der Waals surface area contributed by atoms with Crippen molar-refractivity contribution in [3.05, 3.63) is 15.2 Å². The Morgan fingerprint density at radius 3 is 2.08 bits per heavy atom. The van der Waals surface area contributed by atoms with Crippen LogP contribution >= 0.6 is 22.6 Å². The van der Waals surface area contributed by atoms with E-state index >= 15 is 0 Å². The molecule has 0 aliphatic rings. The number of hydrogen-bond donors (Lipinski definition) is 0. The molecule has 0 saturated heterocycles. The Balaban J connectivity index is 3.28. The van der Waals surface area contributed by atoms with E-state index < -0.39 is 0 Å². The summed E-state index contributed by atoms with van der Waals surface area (Å²) < 4.78 is 15.3. The molecule has 1 aromatic heterocycles. The second-order valence-corrected chi connectivity index (χ2v) is 4.79. The van der Waals surface area contributed by atoms with Crippen molar-refractivity contribution >= 4 is 22.6 Å². The molecule has 0 amide bonds. The van der Waals surface area contributed by atoms with Crippen molar-refractivity contribution in [1.29, 1.82) is 0 Å². The second kappa shape index (κ2) is 2.97. The lowest BCUT2D eigenvalue weighted by molar-refractivity contribution is 0.344. The predicted octanol–water partition coefficient (Wildman–Crippen LogP) is 2.69. The average Bonchev–Trinajstić information content (AvgIpc) is 2.15. The maximum Gasteiger partial charge on any atom is 0.177 e. The molecule has 0 radical (unpaired) electrons. The molecule has 0 aliphatic heterocycles. The smallest absolute Gasteiger partial charge is 0.177 e. The Morgan fingerprint density at radius 1 is 1.42 bits per heavy atom. The van der Waals surface area contributed by atoms with Gasteiger partial charge in [-0.05, 0) is 50.3 Å². The van der Waals surface area contributed by atoms with Crippen molar-refractivity contribution in [1.82, 2.24) is 9.78 Å². The number of halogens is 2. The molecular weight excluding hydrogens is 270 g/mol. The van der Waals surface area contributed by atoms with Crippen molar-refractivity contribution in [3.63, 3.8) is 0 Å². The van der Waals surface area contributed by atoms with E-state index in [2.05, 4.69) is 5.10 Å². The van der Waals surface area contributed by atoms with Crippen LogP contribution in [0.2, 0.25) is 0 Å². The van der Waals surface area contributed by atoms with Gasteiger partial charge in [-0.15, -0.1) is 0 Å². The second-order valence-electron chi connectivity index (χ2n) is 3.77. The van der Waals surface area contributed by atoms with Crippen molar-refractivity contribution in [2.45, 2.75) is 33.2 Å². The molecule has 68 valence electrons. The van der Waals surface area contributed by atoms with Crippen LogP contribution in [0.4, 0.5) is 4.39 Å². The van der Waals surface area contributed by atoms with E-state index in [4.69, 9.17) is 0 Å². The lowest BCUT2D eigenvalue weighted by Crippen LogP contribution is -2.24. The Labute approximate surface area is 85.3 Å². The van der Waals surface area contributed by atoms with E-state index in [1.54, 1.807) is 11.6 Å². The summed E-state index contributed by atoms with van der Waals surface area (Å²) in [5.41, 5.74) is 0.459. The monoisotopic (exact) mass is 282 g/mol. The van der Waals surface area contributed by atoms with Gasteiger partial charge in [-0.1, -0.05) is 0 Å². The van der Waals surface area contributed by atoms with Gasteiger partial charge in [0.05, 0.1) is 11.2 Å². The molecule has 0 N–H and O–H groups in total. The van der Waals surface area contributed by atoms with Gasteiger partial charge in [0, 0.05) is 0 Å². The summed E-state index contributed by atoms with van der Waals surface area (Å²) in [7, 11) is 0. The third-order valence-electron chi connectivity index (χ3n) is 1.64. The van der Waals surface area contributed by atoms with Crippen LogP contribution in [0.5, 0.6) is 0 Å². The molecule has 12 heavy (non-hydrogen) atoms. The lowest BCUT2D eigenvalue weighted by atomic mass is 10.1. The summed E-state index contributed by atoms with van der Waals surface area (Å²) in [6.07, 6.45) is 0. The summed E-state index contributed by atoms with van der Waals surface area (Å²) in [6, 6.07) is 0. The topological polar surface area (TPSA) is 17.8 Å². The fourth-order valence-electron chi connectivity index (χ4n) is 1.10. The van der Waals surface area contributed by atoms with E-state index in [-0.39, 0.29) is 11.4 Å². The lowest BCUT2D eigenvalue weighted by Gasteiger charge is -2.20. The molecule has 4 heteroatoms. The molecule has 1 heterocycles. The van der Waals surface area contributed by atoms with Gasteiger partial charge in [-0.25, -0.2) is 4.39 Å². The molecular formula is C8H12FIN2. The summed E-state index contributed by atoms with van der Waals surface area (Å²) >= 11 is 1.90. The minimum Gasteiger partial charge on any atom is -0.260 e. The minimum absolute atomic E-state index is 0.144. The number of aromatic nitrogens is 2. The van der Waals surface area contributed by atoms with Gasteiger partial charge in [-0.2, -0.15) is 5.10 Å². The summed E-state index contributed by atoms with van der Waals surface area (Å²) in [5, 5.41) is 4.11. The minimum atomic E-state index is -0.203. The number of hydrogen-bond acceptors (Lipinski definition) is 1. The summed E-state index contributed by atoms with van der Waals surface area (Å²) in [5.74, 6) is -0.203. The molecule has 0 fully saturated rings. The van der Waals surface area contributed by atoms with Gasteiger partial charge in [0.15, 0.2) is 9.52 Å². The number of rotatable bonds is 0. The van der Waals surface area contributed by atoms with Gasteiger partial charge in [0.2, 0.25) is 0 Å². The Kier molecular flexibility index (Phi) is 2.47. The maximum atomic E-state index is 13.2. The fourth-order valence-corrected chi connectivity index (χ4v) is 1.71. The van der Waals surface area contributed by atoms with Crippen LogP contribution in [0, 0.1) is 16.4 Å². The maximum absolute atomic E-state index is 13.2. The fraction of sp³-hybridized carbons (Fsp3) is 0.625. The zero-order valence-corrected chi connectivity index (χ0v) is 9.81. The standard InChI is InChI=1S/C8H12FIN2/c1-5-6(9)7(10)11-12(5)8(2,3)4/h1-4H3. The Morgan fingerprint density at radius 2 is 1.92 bits per heavy atom. The molecule has 0 aliphatic carbocycles. The van der Waals surface area contributed by atoms with Crippen molar-refractivity contribution < 1.29 is 4.39 Å². The first-order valence-electron chi connectivity index (χ1n) is 3.75. The molecule has 0 aromatic carbocycles. The molecule has 0 unspecified atom stereocenters.